The van der Waals surface area contributed by atoms with E-state index in [1.54, 1.807) is 0 Å². The number of benzene rings is 1. The van der Waals surface area contributed by atoms with Gasteiger partial charge in [0.25, 0.3) is 0 Å². The van der Waals surface area contributed by atoms with E-state index in [0.717, 1.165) is 18.5 Å². The highest BCUT2D eigenvalue weighted by Gasteiger charge is 2.41. The summed E-state index contributed by atoms with van der Waals surface area (Å²) in [5.41, 5.74) is 1.44. The van der Waals surface area contributed by atoms with Gasteiger partial charge in [-0.05, 0) is 31.4 Å². The fourth-order valence-corrected chi connectivity index (χ4v) is 3.27. The van der Waals surface area contributed by atoms with Crippen molar-refractivity contribution in [1.29, 1.82) is 0 Å². The van der Waals surface area contributed by atoms with E-state index in [0.29, 0.717) is 6.04 Å². The summed E-state index contributed by atoms with van der Waals surface area (Å²) in [6, 6.07) is 12.2. The van der Waals surface area contributed by atoms with E-state index >= 15 is 0 Å². The second kappa shape index (κ2) is 4.19. The third-order valence-electron chi connectivity index (χ3n) is 4.20. The highest BCUT2D eigenvalue weighted by Crippen LogP contribution is 2.30. The van der Waals surface area contributed by atoms with E-state index in [2.05, 4.69) is 47.5 Å². The molecule has 0 aliphatic carbocycles. The molecule has 2 fully saturated rings. The zero-order valence-corrected chi connectivity index (χ0v) is 9.89. The molecule has 2 saturated heterocycles. The normalized spacial score (nSPS) is 34.2. The minimum atomic E-state index is 0.688. The molecule has 3 atom stereocenters. The summed E-state index contributed by atoms with van der Waals surface area (Å²) in [6.45, 7) is 5.97. The number of hydrogen-bond acceptors (Lipinski definition) is 2. The van der Waals surface area contributed by atoms with Crippen LogP contribution in [-0.2, 0) is 6.54 Å². The van der Waals surface area contributed by atoms with Crippen molar-refractivity contribution < 1.29 is 0 Å². The van der Waals surface area contributed by atoms with Crippen molar-refractivity contribution in [3.05, 3.63) is 35.9 Å². The molecule has 86 valence electrons. The Hall–Kier alpha value is -0.860. The monoisotopic (exact) mass is 216 g/mol. The van der Waals surface area contributed by atoms with Gasteiger partial charge >= 0.3 is 0 Å². The van der Waals surface area contributed by atoms with Crippen molar-refractivity contribution in [1.82, 2.24) is 10.2 Å². The third-order valence-corrected chi connectivity index (χ3v) is 4.20. The van der Waals surface area contributed by atoms with E-state index in [-0.39, 0.29) is 0 Å². The van der Waals surface area contributed by atoms with Crippen LogP contribution in [0.4, 0.5) is 0 Å². The van der Waals surface area contributed by atoms with Gasteiger partial charge in [0.05, 0.1) is 0 Å². The van der Waals surface area contributed by atoms with Gasteiger partial charge in [-0.3, -0.25) is 4.90 Å². The van der Waals surface area contributed by atoms with Gasteiger partial charge < -0.3 is 5.32 Å². The first kappa shape index (κ1) is 10.3. The van der Waals surface area contributed by atoms with Crippen molar-refractivity contribution in [2.45, 2.75) is 32.0 Å². The Bertz CT molecular complexity index is 349. The van der Waals surface area contributed by atoms with Gasteiger partial charge in [0.1, 0.15) is 0 Å². The molecule has 1 aromatic rings. The number of nitrogens with zero attached hydrogens (tertiary/aromatic N) is 1. The largest absolute Gasteiger partial charge is 0.312 e. The second-order valence-electron chi connectivity index (χ2n) is 5.18. The van der Waals surface area contributed by atoms with E-state index in [9.17, 15) is 0 Å². The molecule has 3 rings (SSSR count). The number of nitrogens with one attached hydrogen (secondary N) is 1. The number of hydrogen-bond donors (Lipinski definition) is 1. The van der Waals surface area contributed by atoms with Gasteiger partial charge in [0.15, 0.2) is 0 Å². The SMILES string of the molecule is CC1C2NCCC2CN1Cc1ccccc1. The van der Waals surface area contributed by atoms with Crippen LogP contribution in [0.1, 0.15) is 18.9 Å². The molecule has 0 aromatic heterocycles. The maximum absolute atomic E-state index is 3.64. The number of likely N-dealkylation sites (tertiary alicyclic amines) is 1. The van der Waals surface area contributed by atoms with Crippen LogP contribution < -0.4 is 5.32 Å². The van der Waals surface area contributed by atoms with Crippen LogP contribution in [0.5, 0.6) is 0 Å². The Labute approximate surface area is 97.6 Å². The van der Waals surface area contributed by atoms with Gasteiger partial charge in [-0.25, -0.2) is 0 Å². The van der Waals surface area contributed by atoms with Crippen LogP contribution in [0.15, 0.2) is 30.3 Å². The van der Waals surface area contributed by atoms with Crippen LogP contribution in [-0.4, -0.2) is 30.1 Å². The van der Waals surface area contributed by atoms with Gasteiger partial charge in [0.2, 0.25) is 0 Å². The smallest absolute Gasteiger partial charge is 0.0261 e. The Morgan fingerprint density at radius 2 is 2.12 bits per heavy atom. The zero-order valence-electron chi connectivity index (χ0n) is 9.89. The molecule has 0 bridgehead atoms. The van der Waals surface area contributed by atoms with Gasteiger partial charge in [-0.15, -0.1) is 0 Å². The minimum absolute atomic E-state index is 0.688. The molecule has 2 aliphatic heterocycles. The quantitative estimate of drug-likeness (QED) is 0.812. The summed E-state index contributed by atoms with van der Waals surface area (Å²) in [7, 11) is 0. The van der Waals surface area contributed by atoms with Gasteiger partial charge in [-0.2, -0.15) is 0 Å². The Morgan fingerprint density at radius 3 is 2.88 bits per heavy atom. The average Bonchev–Trinajstić information content (AvgIpc) is 2.86. The molecule has 16 heavy (non-hydrogen) atoms. The molecular weight excluding hydrogens is 196 g/mol. The van der Waals surface area contributed by atoms with Crippen molar-refractivity contribution >= 4 is 0 Å². The lowest BCUT2D eigenvalue weighted by Crippen LogP contribution is -2.38. The fourth-order valence-electron chi connectivity index (χ4n) is 3.27. The molecule has 3 unspecified atom stereocenters. The summed E-state index contributed by atoms with van der Waals surface area (Å²) in [4.78, 5) is 2.62. The molecule has 0 amide bonds. The van der Waals surface area contributed by atoms with E-state index < -0.39 is 0 Å². The Balaban J connectivity index is 1.69. The molecule has 1 N–H and O–H groups in total. The molecular formula is C14H20N2. The second-order valence-corrected chi connectivity index (χ2v) is 5.18. The van der Waals surface area contributed by atoms with Gasteiger partial charge in [-0.1, -0.05) is 30.3 Å². The Kier molecular flexibility index (Phi) is 2.70. The van der Waals surface area contributed by atoms with Crippen molar-refractivity contribution in [3.8, 4) is 0 Å². The molecule has 2 aliphatic rings. The average molecular weight is 216 g/mol. The molecule has 2 heterocycles. The van der Waals surface area contributed by atoms with Crippen molar-refractivity contribution in [2.75, 3.05) is 13.1 Å². The lowest BCUT2D eigenvalue weighted by Gasteiger charge is -2.24. The van der Waals surface area contributed by atoms with Crippen LogP contribution in [0.25, 0.3) is 0 Å². The lowest BCUT2D eigenvalue weighted by molar-refractivity contribution is 0.238. The molecule has 2 nitrogen and oxygen atoms in total. The van der Waals surface area contributed by atoms with Crippen LogP contribution >= 0.6 is 0 Å². The summed E-state index contributed by atoms with van der Waals surface area (Å²) >= 11 is 0. The summed E-state index contributed by atoms with van der Waals surface area (Å²) in [5.74, 6) is 0.888. The van der Waals surface area contributed by atoms with Crippen LogP contribution in [0, 0.1) is 5.92 Å². The highest BCUT2D eigenvalue weighted by molar-refractivity contribution is 5.15. The van der Waals surface area contributed by atoms with E-state index in [4.69, 9.17) is 0 Å². The topological polar surface area (TPSA) is 15.3 Å². The van der Waals surface area contributed by atoms with Gasteiger partial charge in [0, 0.05) is 25.2 Å². The molecule has 0 radical (unpaired) electrons. The maximum atomic E-state index is 3.64. The molecule has 0 spiro atoms. The lowest BCUT2D eigenvalue weighted by atomic mass is 10.0. The fraction of sp³-hybridized carbons (Fsp3) is 0.571. The number of fused-ring (bicyclic) bond motifs is 1. The molecule has 1 aromatic carbocycles. The first-order valence-corrected chi connectivity index (χ1v) is 6.36. The van der Waals surface area contributed by atoms with E-state index in [1.165, 1.54) is 25.1 Å². The summed E-state index contributed by atoms with van der Waals surface area (Å²) in [5, 5.41) is 3.64. The predicted octanol–water partition coefficient (Wildman–Crippen LogP) is 1.87. The third kappa shape index (κ3) is 1.76. The zero-order chi connectivity index (χ0) is 11.0. The highest BCUT2D eigenvalue weighted by atomic mass is 15.2. The summed E-state index contributed by atoms with van der Waals surface area (Å²) < 4.78 is 0. The molecule has 0 saturated carbocycles. The van der Waals surface area contributed by atoms with E-state index in [1.807, 2.05) is 0 Å². The number of rotatable bonds is 2. The van der Waals surface area contributed by atoms with Crippen molar-refractivity contribution in [2.24, 2.45) is 5.92 Å². The predicted molar refractivity (Wildman–Crippen MR) is 66.2 cm³/mol. The van der Waals surface area contributed by atoms with Crippen molar-refractivity contribution in [3.63, 3.8) is 0 Å². The minimum Gasteiger partial charge on any atom is -0.312 e. The molecule has 2 heteroatoms. The first-order chi connectivity index (χ1) is 7.84. The maximum Gasteiger partial charge on any atom is 0.0261 e. The summed E-state index contributed by atoms with van der Waals surface area (Å²) in [6.07, 6.45) is 1.36. The van der Waals surface area contributed by atoms with Crippen LogP contribution in [0.3, 0.4) is 0 Å². The Morgan fingerprint density at radius 1 is 1.31 bits per heavy atom. The first-order valence-electron chi connectivity index (χ1n) is 6.36. The standard InChI is InChI=1S/C14H20N2/c1-11-14-13(7-8-15-14)10-16(11)9-12-5-3-2-4-6-12/h2-6,11,13-15H,7-10H2,1H3. The van der Waals surface area contributed by atoms with Crippen LogP contribution in [0.2, 0.25) is 0 Å².